The maximum absolute atomic E-state index is 9.99. The van der Waals surface area contributed by atoms with Gasteiger partial charge < -0.3 is 34.7 Å². The number of fused-ring (bicyclic) bond motifs is 1. The van der Waals surface area contributed by atoms with Crippen LogP contribution in [0, 0.1) is 0 Å². The molecular formula is C27H32N4O5. The zero-order valence-electron chi connectivity index (χ0n) is 20.4. The standard InChI is InChI=1S/C27H32N4O5/c1-28-16-21(32)17-36-22-4-2-3-19(13-22)27-30-23(15-26(31-27)29-20-7-9-33-10-8-20)18-5-6-24-25(14-18)35-12-11-34-24/h2-6,13-15,20-21,28,32H,7-12,16-17H2,1H3,(H,29,30,31). The first-order valence-corrected chi connectivity index (χ1v) is 12.4. The van der Waals surface area contributed by atoms with Crippen molar-refractivity contribution in [2.75, 3.05) is 51.9 Å². The molecule has 0 aliphatic carbocycles. The number of likely N-dealkylation sites (N-methyl/N-ethyl adjacent to an activating group) is 1. The summed E-state index contributed by atoms with van der Waals surface area (Å²) in [6.45, 7) is 3.21. The lowest BCUT2D eigenvalue weighted by atomic mass is 10.1. The van der Waals surface area contributed by atoms with Crippen molar-refractivity contribution >= 4 is 5.82 Å². The van der Waals surface area contributed by atoms with Crippen molar-refractivity contribution in [1.82, 2.24) is 15.3 Å². The van der Waals surface area contributed by atoms with E-state index in [-0.39, 0.29) is 12.6 Å². The van der Waals surface area contributed by atoms with E-state index in [1.165, 1.54) is 0 Å². The zero-order valence-corrected chi connectivity index (χ0v) is 20.4. The molecule has 2 aromatic carbocycles. The van der Waals surface area contributed by atoms with Crippen LogP contribution in [0.4, 0.5) is 5.82 Å². The Morgan fingerprint density at radius 1 is 0.972 bits per heavy atom. The fourth-order valence-electron chi connectivity index (χ4n) is 4.26. The Bertz CT molecular complexity index is 1170. The molecule has 9 heteroatoms. The van der Waals surface area contributed by atoms with E-state index in [0.29, 0.717) is 37.1 Å². The highest BCUT2D eigenvalue weighted by atomic mass is 16.6. The zero-order chi connectivity index (χ0) is 24.7. The summed E-state index contributed by atoms with van der Waals surface area (Å²) in [7, 11) is 1.79. The Morgan fingerprint density at radius 3 is 2.64 bits per heavy atom. The number of hydrogen-bond donors (Lipinski definition) is 3. The molecule has 0 bridgehead atoms. The number of anilines is 1. The molecule has 0 saturated carbocycles. The molecular weight excluding hydrogens is 460 g/mol. The van der Waals surface area contributed by atoms with Crippen LogP contribution in [0.2, 0.25) is 0 Å². The SMILES string of the molecule is CNCC(O)COc1cccc(-c2nc(NC3CCOCC3)cc(-c3ccc4c(c3)OCCO4)n2)c1. The number of nitrogens with zero attached hydrogens (tertiary/aromatic N) is 2. The molecule has 5 rings (SSSR count). The first-order valence-electron chi connectivity index (χ1n) is 12.4. The van der Waals surface area contributed by atoms with Crippen molar-refractivity contribution in [3.8, 4) is 39.9 Å². The van der Waals surface area contributed by atoms with E-state index in [1.54, 1.807) is 7.05 Å². The summed E-state index contributed by atoms with van der Waals surface area (Å²) >= 11 is 0. The Hall–Kier alpha value is -3.40. The number of ether oxygens (including phenoxy) is 4. The van der Waals surface area contributed by atoms with E-state index >= 15 is 0 Å². The second-order valence-corrected chi connectivity index (χ2v) is 8.90. The van der Waals surface area contributed by atoms with Gasteiger partial charge in [0.25, 0.3) is 0 Å². The molecule has 0 amide bonds. The topological polar surface area (TPSA) is 107 Å². The smallest absolute Gasteiger partial charge is 0.162 e. The molecule has 2 aliphatic rings. The second-order valence-electron chi connectivity index (χ2n) is 8.90. The number of aliphatic hydroxyl groups is 1. The van der Waals surface area contributed by atoms with E-state index in [2.05, 4.69) is 10.6 Å². The molecule has 2 aliphatic heterocycles. The van der Waals surface area contributed by atoms with Gasteiger partial charge in [0.1, 0.15) is 37.5 Å². The predicted molar refractivity (Wildman–Crippen MR) is 137 cm³/mol. The largest absolute Gasteiger partial charge is 0.491 e. The van der Waals surface area contributed by atoms with Crippen LogP contribution in [0.25, 0.3) is 22.6 Å². The molecule has 3 N–H and O–H groups in total. The van der Waals surface area contributed by atoms with E-state index in [9.17, 15) is 5.11 Å². The van der Waals surface area contributed by atoms with Crippen molar-refractivity contribution in [3.05, 3.63) is 48.5 Å². The van der Waals surface area contributed by atoms with Crippen LogP contribution in [0.5, 0.6) is 17.2 Å². The van der Waals surface area contributed by atoms with Crippen molar-refractivity contribution in [1.29, 1.82) is 0 Å². The van der Waals surface area contributed by atoms with Gasteiger partial charge in [0.05, 0.1) is 5.69 Å². The van der Waals surface area contributed by atoms with Crippen molar-refractivity contribution in [3.63, 3.8) is 0 Å². The van der Waals surface area contributed by atoms with Crippen molar-refractivity contribution in [2.24, 2.45) is 0 Å². The van der Waals surface area contributed by atoms with Crippen molar-refractivity contribution < 1.29 is 24.1 Å². The summed E-state index contributed by atoms with van der Waals surface area (Å²) in [4.78, 5) is 9.74. The summed E-state index contributed by atoms with van der Waals surface area (Å²) in [6.07, 6.45) is 1.26. The van der Waals surface area contributed by atoms with Crippen LogP contribution in [0.1, 0.15) is 12.8 Å². The molecule has 1 atom stereocenters. The van der Waals surface area contributed by atoms with Gasteiger partial charge in [-0.15, -0.1) is 0 Å². The van der Waals surface area contributed by atoms with Crippen LogP contribution >= 0.6 is 0 Å². The highest BCUT2D eigenvalue weighted by Crippen LogP contribution is 2.35. The average Bonchev–Trinajstić information content (AvgIpc) is 2.92. The maximum atomic E-state index is 9.99. The third kappa shape index (κ3) is 6.04. The molecule has 36 heavy (non-hydrogen) atoms. The lowest BCUT2D eigenvalue weighted by Crippen LogP contribution is -2.29. The molecule has 0 radical (unpaired) electrons. The highest BCUT2D eigenvalue weighted by molar-refractivity contribution is 5.70. The van der Waals surface area contributed by atoms with Gasteiger partial charge in [-0.3, -0.25) is 0 Å². The lowest BCUT2D eigenvalue weighted by molar-refractivity contribution is 0.0904. The number of hydrogen-bond acceptors (Lipinski definition) is 9. The van der Waals surface area contributed by atoms with Gasteiger partial charge in [-0.2, -0.15) is 0 Å². The summed E-state index contributed by atoms with van der Waals surface area (Å²) < 4.78 is 22.8. The number of rotatable bonds is 9. The van der Waals surface area contributed by atoms with Crippen LogP contribution < -0.4 is 24.8 Å². The first-order chi connectivity index (χ1) is 17.7. The molecule has 0 spiro atoms. The second kappa shape index (κ2) is 11.6. The number of nitrogens with one attached hydrogen (secondary N) is 2. The summed E-state index contributed by atoms with van der Waals surface area (Å²) in [5.41, 5.74) is 2.52. The van der Waals surface area contributed by atoms with Gasteiger partial charge in [0.15, 0.2) is 17.3 Å². The Labute approximate surface area is 210 Å². The molecule has 1 aromatic heterocycles. The van der Waals surface area contributed by atoms with Gasteiger partial charge in [0, 0.05) is 43.0 Å². The fourth-order valence-corrected chi connectivity index (χ4v) is 4.26. The van der Waals surface area contributed by atoms with Gasteiger partial charge in [0.2, 0.25) is 0 Å². The number of aliphatic hydroxyl groups excluding tert-OH is 1. The minimum Gasteiger partial charge on any atom is -0.491 e. The normalized spacial score (nSPS) is 16.4. The molecule has 1 saturated heterocycles. The maximum Gasteiger partial charge on any atom is 0.162 e. The van der Waals surface area contributed by atoms with Gasteiger partial charge in [-0.25, -0.2) is 9.97 Å². The lowest BCUT2D eigenvalue weighted by Gasteiger charge is -2.24. The minimum absolute atomic E-state index is 0.193. The predicted octanol–water partition coefficient (Wildman–Crippen LogP) is 3.13. The van der Waals surface area contributed by atoms with E-state index in [1.807, 2.05) is 48.5 Å². The van der Waals surface area contributed by atoms with Crippen LogP contribution in [-0.2, 0) is 4.74 Å². The van der Waals surface area contributed by atoms with Crippen LogP contribution in [-0.4, -0.2) is 73.8 Å². The highest BCUT2D eigenvalue weighted by Gasteiger charge is 2.18. The molecule has 3 heterocycles. The van der Waals surface area contributed by atoms with Crippen LogP contribution in [0.3, 0.4) is 0 Å². The molecule has 3 aromatic rings. The molecule has 1 unspecified atom stereocenters. The fraction of sp³-hybridized carbons (Fsp3) is 0.407. The Kier molecular flexibility index (Phi) is 7.80. The molecule has 1 fully saturated rings. The van der Waals surface area contributed by atoms with E-state index in [0.717, 1.165) is 54.4 Å². The van der Waals surface area contributed by atoms with Gasteiger partial charge >= 0.3 is 0 Å². The summed E-state index contributed by atoms with van der Waals surface area (Å²) in [6, 6.07) is 15.7. The number of aromatic nitrogens is 2. The Morgan fingerprint density at radius 2 is 1.81 bits per heavy atom. The van der Waals surface area contributed by atoms with E-state index < -0.39 is 6.10 Å². The molecule has 190 valence electrons. The molecule has 9 nitrogen and oxygen atoms in total. The van der Waals surface area contributed by atoms with Crippen LogP contribution in [0.15, 0.2) is 48.5 Å². The minimum atomic E-state index is -0.594. The quantitative estimate of drug-likeness (QED) is 0.415. The van der Waals surface area contributed by atoms with Crippen molar-refractivity contribution in [2.45, 2.75) is 25.0 Å². The average molecular weight is 493 g/mol. The van der Waals surface area contributed by atoms with Gasteiger partial charge in [-0.05, 0) is 50.2 Å². The third-order valence-electron chi connectivity index (χ3n) is 6.11. The first kappa shape index (κ1) is 24.3. The summed E-state index contributed by atoms with van der Waals surface area (Å²) in [5, 5.41) is 16.5. The van der Waals surface area contributed by atoms with Gasteiger partial charge in [-0.1, -0.05) is 12.1 Å². The third-order valence-corrected chi connectivity index (χ3v) is 6.11. The monoisotopic (exact) mass is 492 g/mol. The Balaban J connectivity index is 1.46. The summed E-state index contributed by atoms with van der Waals surface area (Å²) in [5.74, 6) is 3.44. The van der Waals surface area contributed by atoms with E-state index in [4.69, 9.17) is 28.9 Å². The number of benzene rings is 2.